The summed E-state index contributed by atoms with van der Waals surface area (Å²) in [6.45, 7) is 2.76. The third-order valence-electron chi connectivity index (χ3n) is 2.56. The van der Waals surface area contributed by atoms with Crippen molar-refractivity contribution in [2.45, 2.75) is 20.1 Å². The number of fused-ring (bicyclic) bond motifs is 1. The van der Waals surface area contributed by atoms with Crippen LogP contribution in [0.2, 0.25) is 0 Å². The Hall–Kier alpha value is -1.61. The molecule has 1 aromatic rings. The zero-order valence-corrected chi connectivity index (χ0v) is 9.45. The molecule has 1 heterocycles. The lowest BCUT2D eigenvalue weighted by atomic mass is 10.0. The highest BCUT2D eigenvalue weighted by Gasteiger charge is 2.16. The maximum Gasteiger partial charge on any atom is 0.152 e. The summed E-state index contributed by atoms with van der Waals surface area (Å²) in [5.74, 6) is 0.869. The number of ketones is 1. The molecule has 0 bridgehead atoms. The van der Waals surface area contributed by atoms with Crippen LogP contribution < -0.4 is 4.74 Å². The number of carbonyl (C=O) groups excluding carboxylic acids is 1. The van der Waals surface area contributed by atoms with E-state index in [4.69, 9.17) is 9.47 Å². The molecule has 0 fully saturated rings. The van der Waals surface area contributed by atoms with Crippen molar-refractivity contribution in [3.05, 3.63) is 34.9 Å². The summed E-state index contributed by atoms with van der Waals surface area (Å²) in [6, 6.07) is 3.96. The number of benzene rings is 1. The van der Waals surface area contributed by atoms with E-state index in [-0.39, 0.29) is 5.78 Å². The minimum Gasteiger partial charge on any atom is -0.496 e. The smallest absolute Gasteiger partial charge is 0.152 e. The molecule has 0 radical (unpaired) electrons. The Kier molecular flexibility index (Phi) is 3.06. The molecule has 0 N–H and O–H groups in total. The molecular formula is C13H14O3. The van der Waals surface area contributed by atoms with Gasteiger partial charge in [-0.2, -0.15) is 0 Å². The predicted molar refractivity (Wildman–Crippen MR) is 61.2 cm³/mol. The Balaban J connectivity index is 2.38. The fraction of sp³-hybridized carbons (Fsp3) is 0.308. The summed E-state index contributed by atoms with van der Waals surface area (Å²) in [4.78, 5) is 10.9. The summed E-state index contributed by atoms with van der Waals surface area (Å²) in [7, 11) is 1.65. The molecule has 1 aliphatic heterocycles. The van der Waals surface area contributed by atoms with Crippen LogP contribution in [-0.4, -0.2) is 12.9 Å². The van der Waals surface area contributed by atoms with Crippen LogP contribution in [0.15, 0.2) is 18.2 Å². The summed E-state index contributed by atoms with van der Waals surface area (Å²) in [5, 5.41) is 0. The lowest BCUT2D eigenvalue weighted by molar-refractivity contribution is -0.112. The molecule has 3 nitrogen and oxygen atoms in total. The first-order chi connectivity index (χ1) is 7.70. The molecule has 0 aliphatic carbocycles. The molecule has 0 amide bonds. The van der Waals surface area contributed by atoms with Gasteiger partial charge < -0.3 is 9.47 Å². The molecular weight excluding hydrogens is 204 g/mol. The molecule has 2 rings (SSSR count). The van der Waals surface area contributed by atoms with Crippen molar-refractivity contribution in [2.24, 2.45) is 0 Å². The fourth-order valence-corrected chi connectivity index (χ4v) is 1.77. The van der Waals surface area contributed by atoms with Crippen molar-refractivity contribution in [3.63, 3.8) is 0 Å². The Bertz CT molecular complexity index is 447. The monoisotopic (exact) mass is 218 g/mol. The highest BCUT2D eigenvalue weighted by Crippen LogP contribution is 2.31. The number of hydrogen-bond donors (Lipinski definition) is 0. The molecule has 3 heteroatoms. The van der Waals surface area contributed by atoms with Gasteiger partial charge in [0.2, 0.25) is 0 Å². The van der Waals surface area contributed by atoms with Crippen LogP contribution >= 0.6 is 0 Å². The van der Waals surface area contributed by atoms with Crippen molar-refractivity contribution in [2.75, 3.05) is 7.11 Å². The van der Waals surface area contributed by atoms with Crippen molar-refractivity contribution in [1.29, 1.82) is 0 Å². The van der Waals surface area contributed by atoms with Gasteiger partial charge in [-0.3, -0.25) is 4.79 Å². The minimum absolute atomic E-state index is 0.0377. The lowest BCUT2D eigenvalue weighted by Crippen LogP contribution is -1.92. The molecule has 1 aromatic carbocycles. The summed E-state index contributed by atoms with van der Waals surface area (Å²) in [5.41, 5.74) is 3.22. The highest BCUT2D eigenvalue weighted by molar-refractivity contribution is 5.91. The zero-order valence-electron chi connectivity index (χ0n) is 9.45. The SMILES string of the molecule is COc1cc(/C=C/C(C)=O)cc2c1COC2. The standard InChI is InChI=1S/C13H14O3/c1-9(14)3-4-10-5-11-7-16-8-12(11)13(6-10)15-2/h3-6H,7-8H2,1-2H3/b4-3+. The van der Waals surface area contributed by atoms with Crippen LogP contribution in [0.25, 0.3) is 6.08 Å². The largest absolute Gasteiger partial charge is 0.496 e. The zero-order chi connectivity index (χ0) is 11.5. The van der Waals surface area contributed by atoms with Crippen LogP contribution in [0.4, 0.5) is 0 Å². The van der Waals surface area contributed by atoms with E-state index in [0.29, 0.717) is 13.2 Å². The molecule has 84 valence electrons. The van der Waals surface area contributed by atoms with Crippen LogP contribution in [0.3, 0.4) is 0 Å². The van der Waals surface area contributed by atoms with Gasteiger partial charge in [0.05, 0.1) is 20.3 Å². The van der Waals surface area contributed by atoms with Gasteiger partial charge in [0.1, 0.15) is 5.75 Å². The summed E-state index contributed by atoms with van der Waals surface area (Å²) < 4.78 is 10.7. The van der Waals surface area contributed by atoms with Gasteiger partial charge >= 0.3 is 0 Å². The van der Waals surface area contributed by atoms with Gasteiger partial charge in [-0.05, 0) is 36.3 Å². The Labute approximate surface area is 94.7 Å². The van der Waals surface area contributed by atoms with Crippen LogP contribution in [0.1, 0.15) is 23.6 Å². The molecule has 16 heavy (non-hydrogen) atoms. The molecule has 0 spiro atoms. The van der Waals surface area contributed by atoms with Gasteiger partial charge in [0, 0.05) is 5.56 Å². The minimum atomic E-state index is 0.0377. The lowest BCUT2D eigenvalue weighted by Gasteiger charge is -2.07. The molecule has 1 aliphatic rings. The molecule has 0 saturated carbocycles. The number of allylic oxidation sites excluding steroid dienone is 1. The Morgan fingerprint density at radius 3 is 2.94 bits per heavy atom. The van der Waals surface area contributed by atoms with Crippen molar-refractivity contribution >= 4 is 11.9 Å². The molecule has 0 atom stereocenters. The third-order valence-corrected chi connectivity index (χ3v) is 2.56. The van der Waals surface area contributed by atoms with E-state index in [1.807, 2.05) is 12.1 Å². The molecule has 0 saturated heterocycles. The first-order valence-electron chi connectivity index (χ1n) is 5.17. The number of ether oxygens (including phenoxy) is 2. The second-order valence-corrected chi connectivity index (χ2v) is 3.80. The Morgan fingerprint density at radius 1 is 1.44 bits per heavy atom. The summed E-state index contributed by atoms with van der Waals surface area (Å²) in [6.07, 6.45) is 3.35. The average molecular weight is 218 g/mol. The number of carbonyl (C=O) groups is 1. The van der Waals surface area contributed by atoms with Crippen molar-refractivity contribution in [3.8, 4) is 5.75 Å². The number of rotatable bonds is 3. The fourth-order valence-electron chi connectivity index (χ4n) is 1.77. The first-order valence-corrected chi connectivity index (χ1v) is 5.17. The molecule has 0 unspecified atom stereocenters. The first kappa shape index (κ1) is 10.9. The Morgan fingerprint density at radius 2 is 2.25 bits per heavy atom. The van der Waals surface area contributed by atoms with Gasteiger partial charge in [0.15, 0.2) is 5.78 Å². The van der Waals surface area contributed by atoms with Crippen molar-refractivity contribution < 1.29 is 14.3 Å². The van der Waals surface area contributed by atoms with Gasteiger partial charge in [-0.25, -0.2) is 0 Å². The van der Waals surface area contributed by atoms with Gasteiger partial charge in [0.25, 0.3) is 0 Å². The van der Waals surface area contributed by atoms with E-state index >= 15 is 0 Å². The maximum atomic E-state index is 10.9. The van der Waals surface area contributed by atoms with Gasteiger partial charge in [-0.1, -0.05) is 6.08 Å². The maximum absolute atomic E-state index is 10.9. The van der Waals surface area contributed by atoms with E-state index < -0.39 is 0 Å². The van der Waals surface area contributed by atoms with E-state index in [1.54, 1.807) is 19.3 Å². The summed E-state index contributed by atoms with van der Waals surface area (Å²) >= 11 is 0. The van der Waals surface area contributed by atoms with Crippen molar-refractivity contribution in [1.82, 2.24) is 0 Å². The van der Waals surface area contributed by atoms with Crippen LogP contribution in [0, 0.1) is 0 Å². The third kappa shape index (κ3) is 2.14. The van der Waals surface area contributed by atoms with E-state index in [2.05, 4.69) is 0 Å². The van der Waals surface area contributed by atoms with E-state index in [9.17, 15) is 4.79 Å². The topological polar surface area (TPSA) is 35.5 Å². The second kappa shape index (κ2) is 4.49. The van der Waals surface area contributed by atoms with E-state index in [1.165, 1.54) is 6.92 Å². The quantitative estimate of drug-likeness (QED) is 0.730. The normalized spacial score (nSPS) is 14.1. The number of hydrogen-bond acceptors (Lipinski definition) is 3. The van der Waals surface area contributed by atoms with Crippen LogP contribution in [-0.2, 0) is 22.7 Å². The highest BCUT2D eigenvalue weighted by atomic mass is 16.5. The average Bonchev–Trinajstić information content (AvgIpc) is 2.73. The predicted octanol–water partition coefficient (Wildman–Crippen LogP) is 2.33. The number of methoxy groups -OCH3 is 1. The second-order valence-electron chi connectivity index (χ2n) is 3.80. The van der Waals surface area contributed by atoms with Crippen LogP contribution in [0.5, 0.6) is 5.75 Å². The van der Waals surface area contributed by atoms with Gasteiger partial charge in [-0.15, -0.1) is 0 Å². The molecule has 0 aromatic heterocycles. The van der Waals surface area contributed by atoms with E-state index in [0.717, 1.165) is 22.4 Å².